The van der Waals surface area contributed by atoms with E-state index in [4.69, 9.17) is 9.72 Å². The van der Waals surface area contributed by atoms with E-state index >= 15 is 0 Å². The van der Waals surface area contributed by atoms with Crippen LogP contribution in [0.25, 0.3) is 10.9 Å². The van der Waals surface area contributed by atoms with Crippen LogP contribution in [-0.2, 0) is 6.61 Å². The first-order valence-electron chi connectivity index (χ1n) is 10.8. The van der Waals surface area contributed by atoms with Gasteiger partial charge >= 0.3 is 0 Å². The summed E-state index contributed by atoms with van der Waals surface area (Å²) < 4.78 is 10.0. The molecule has 174 valence electrons. The molecular formula is C26H22Br3N3O2. The predicted octanol–water partition coefficient (Wildman–Crippen LogP) is 7.66. The molecule has 0 amide bonds. The third-order valence-corrected chi connectivity index (χ3v) is 7.11. The van der Waals surface area contributed by atoms with Crippen LogP contribution in [0.5, 0.6) is 5.75 Å². The van der Waals surface area contributed by atoms with Crippen LogP contribution in [0.2, 0.25) is 0 Å². The van der Waals surface area contributed by atoms with Crippen molar-refractivity contribution in [2.24, 2.45) is 5.10 Å². The van der Waals surface area contributed by atoms with E-state index < -0.39 is 0 Å². The highest BCUT2D eigenvalue weighted by molar-refractivity contribution is 9.11. The quantitative estimate of drug-likeness (QED) is 0.194. The number of hydrogen-bond donors (Lipinski definition) is 0. The molecule has 0 spiro atoms. The molecule has 0 N–H and O–H groups in total. The van der Waals surface area contributed by atoms with Crippen molar-refractivity contribution in [3.63, 3.8) is 0 Å². The van der Waals surface area contributed by atoms with Crippen molar-refractivity contribution < 1.29 is 4.74 Å². The summed E-state index contributed by atoms with van der Waals surface area (Å²) in [6, 6.07) is 19.2. The minimum absolute atomic E-state index is 0.0824. The van der Waals surface area contributed by atoms with Crippen LogP contribution in [0.3, 0.4) is 0 Å². The van der Waals surface area contributed by atoms with Gasteiger partial charge in [-0.1, -0.05) is 57.8 Å². The lowest BCUT2D eigenvalue weighted by Gasteiger charge is -2.14. The molecule has 34 heavy (non-hydrogen) atoms. The third kappa shape index (κ3) is 5.67. The van der Waals surface area contributed by atoms with Crippen molar-refractivity contribution in [1.82, 2.24) is 9.66 Å². The van der Waals surface area contributed by atoms with Gasteiger partial charge in [0.1, 0.15) is 18.2 Å². The maximum Gasteiger partial charge on any atom is 0.282 e. The Morgan fingerprint density at radius 1 is 1.03 bits per heavy atom. The van der Waals surface area contributed by atoms with Crippen molar-refractivity contribution in [2.45, 2.75) is 32.8 Å². The number of nitrogens with zero attached hydrogens (tertiary/aromatic N) is 3. The predicted molar refractivity (Wildman–Crippen MR) is 148 cm³/mol. The van der Waals surface area contributed by atoms with E-state index in [1.165, 1.54) is 4.68 Å². The number of fused-ring (bicyclic) bond motifs is 1. The molecule has 0 saturated carbocycles. The Morgan fingerprint density at radius 2 is 1.76 bits per heavy atom. The SMILES string of the molecule is CC[C@@H](C)c1nc2ccc(Br)cc2c(=O)n1N=Cc1ccc(OCc2ccc(Br)cc2)c(Br)c1. The van der Waals surface area contributed by atoms with Crippen molar-refractivity contribution in [3.8, 4) is 5.75 Å². The lowest BCUT2D eigenvalue weighted by Crippen LogP contribution is -2.23. The molecule has 1 aromatic heterocycles. The number of rotatable bonds is 7. The molecule has 8 heteroatoms. The maximum absolute atomic E-state index is 13.3. The molecule has 0 saturated heterocycles. The van der Waals surface area contributed by atoms with Crippen LogP contribution in [-0.4, -0.2) is 15.9 Å². The second kappa shape index (κ2) is 11.0. The normalized spacial score (nSPS) is 12.4. The van der Waals surface area contributed by atoms with Gasteiger partial charge in [0.05, 0.1) is 21.6 Å². The van der Waals surface area contributed by atoms with Crippen LogP contribution in [0.15, 0.2) is 84.0 Å². The van der Waals surface area contributed by atoms with Gasteiger partial charge in [-0.2, -0.15) is 9.78 Å². The van der Waals surface area contributed by atoms with Gasteiger partial charge in [-0.3, -0.25) is 4.79 Å². The molecule has 0 radical (unpaired) electrons. The highest BCUT2D eigenvalue weighted by Crippen LogP contribution is 2.27. The second-order valence-corrected chi connectivity index (χ2v) is 10.6. The summed E-state index contributed by atoms with van der Waals surface area (Å²) in [5.41, 5.74) is 2.39. The maximum atomic E-state index is 13.3. The van der Waals surface area contributed by atoms with Crippen LogP contribution in [0.4, 0.5) is 0 Å². The topological polar surface area (TPSA) is 56.5 Å². The minimum Gasteiger partial charge on any atom is -0.488 e. The molecule has 0 unspecified atom stereocenters. The van der Waals surface area contributed by atoms with E-state index in [0.29, 0.717) is 23.3 Å². The first-order chi connectivity index (χ1) is 16.4. The summed E-state index contributed by atoms with van der Waals surface area (Å²) in [5, 5.41) is 5.06. The van der Waals surface area contributed by atoms with E-state index in [2.05, 4.69) is 59.8 Å². The second-order valence-electron chi connectivity index (χ2n) is 7.91. The van der Waals surface area contributed by atoms with Gasteiger partial charge in [0.15, 0.2) is 0 Å². The van der Waals surface area contributed by atoms with Crippen LogP contribution in [0, 0.1) is 0 Å². The van der Waals surface area contributed by atoms with Crippen molar-refractivity contribution >= 4 is 64.9 Å². The molecule has 0 aliphatic rings. The van der Waals surface area contributed by atoms with E-state index in [0.717, 1.165) is 36.7 Å². The molecule has 0 aliphatic carbocycles. The average Bonchev–Trinajstić information content (AvgIpc) is 2.83. The Labute approximate surface area is 223 Å². The zero-order chi connectivity index (χ0) is 24.2. The van der Waals surface area contributed by atoms with Gasteiger partial charge in [0, 0.05) is 14.9 Å². The van der Waals surface area contributed by atoms with Crippen molar-refractivity contribution in [1.29, 1.82) is 0 Å². The highest BCUT2D eigenvalue weighted by atomic mass is 79.9. The minimum atomic E-state index is -0.189. The van der Waals surface area contributed by atoms with E-state index in [-0.39, 0.29) is 11.5 Å². The largest absolute Gasteiger partial charge is 0.488 e. The molecule has 3 aromatic carbocycles. The zero-order valence-electron chi connectivity index (χ0n) is 18.6. The van der Waals surface area contributed by atoms with Gasteiger partial charge in [0.25, 0.3) is 5.56 Å². The summed E-state index contributed by atoms with van der Waals surface area (Å²) in [5.74, 6) is 1.46. The molecule has 0 aliphatic heterocycles. The Morgan fingerprint density at radius 3 is 2.47 bits per heavy atom. The van der Waals surface area contributed by atoms with E-state index in [1.54, 1.807) is 12.3 Å². The number of hydrogen-bond acceptors (Lipinski definition) is 4. The standard InChI is InChI=1S/C26H22Br3N3O2/c1-3-16(2)25-31-23-10-9-20(28)13-21(23)26(33)32(25)30-14-18-6-11-24(22(29)12-18)34-15-17-4-7-19(27)8-5-17/h4-14,16H,3,15H2,1-2H3/t16-/m1/s1. The van der Waals surface area contributed by atoms with Gasteiger partial charge in [-0.25, -0.2) is 4.98 Å². The molecule has 0 fully saturated rings. The first kappa shape index (κ1) is 24.8. The summed E-state index contributed by atoms with van der Waals surface area (Å²) in [7, 11) is 0. The summed E-state index contributed by atoms with van der Waals surface area (Å²) in [4.78, 5) is 18.0. The van der Waals surface area contributed by atoms with E-state index in [1.807, 2.05) is 61.5 Å². The van der Waals surface area contributed by atoms with Crippen LogP contribution in [0.1, 0.15) is 43.1 Å². The third-order valence-electron chi connectivity index (χ3n) is 5.47. The molecule has 5 nitrogen and oxygen atoms in total. The zero-order valence-corrected chi connectivity index (χ0v) is 23.4. The fourth-order valence-corrected chi connectivity index (χ4v) is 4.50. The Hall–Kier alpha value is -2.29. The Bertz CT molecular complexity index is 1420. The van der Waals surface area contributed by atoms with Gasteiger partial charge in [0.2, 0.25) is 0 Å². The molecule has 1 heterocycles. The molecular weight excluding hydrogens is 626 g/mol. The first-order valence-corrected chi connectivity index (χ1v) is 13.2. The Kier molecular flexibility index (Phi) is 8.01. The highest BCUT2D eigenvalue weighted by Gasteiger charge is 2.15. The van der Waals surface area contributed by atoms with E-state index in [9.17, 15) is 4.79 Å². The van der Waals surface area contributed by atoms with Crippen LogP contribution >= 0.6 is 47.8 Å². The van der Waals surface area contributed by atoms with Crippen molar-refractivity contribution in [2.75, 3.05) is 0 Å². The number of aromatic nitrogens is 2. The summed E-state index contributed by atoms with van der Waals surface area (Å²) in [6.07, 6.45) is 2.52. The monoisotopic (exact) mass is 645 g/mol. The fraction of sp³-hybridized carbons (Fsp3) is 0.192. The number of benzene rings is 3. The average molecular weight is 648 g/mol. The summed E-state index contributed by atoms with van der Waals surface area (Å²) in [6.45, 7) is 4.58. The molecule has 1 atom stereocenters. The molecule has 4 rings (SSSR count). The molecule has 4 aromatic rings. The number of halogens is 3. The Balaban J connectivity index is 1.62. The van der Waals surface area contributed by atoms with Gasteiger partial charge < -0.3 is 4.74 Å². The lowest BCUT2D eigenvalue weighted by atomic mass is 10.1. The number of ether oxygens (including phenoxy) is 1. The van der Waals surface area contributed by atoms with Crippen LogP contribution < -0.4 is 10.3 Å². The smallest absolute Gasteiger partial charge is 0.282 e. The van der Waals surface area contributed by atoms with Crippen molar-refractivity contribution in [3.05, 3.63) is 101 Å². The fourth-order valence-electron chi connectivity index (χ4n) is 3.36. The van der Waals surface area contributed by atoms with Gasteiger partial charge in [-0.05, 0) is 82.0 Å². The lowest BCUT2D eigenvalue weighted by molar-refractivity contribution is 0.304. The van der Waals surface area contributed by atoms with Gasteiger partial charge in [-0.15, -0.1) is 0 Å². The summed E-state index contributed by atoms with van der Waals surface area (Å²) >= 11 is 10.5. The molecule has 0 bridgehead atoms.